The Labute approximate surface area is 115 Å². The molecule has 1 heterocycles. The minimum absolute atomic E-state index is 0.144. The third kappa shape index (κ3) is 3.59. The molecule has 1 aromatic carbocycles. The van der Waals surface area contributed by atoms with Crippen molar-refractivity contribution in [1.29, 1.82) is 0 Å². The summed E-state index contributed by atoms with van der Waals surface area (Å²) in [5, 5.41) is 10.3. The van der Waals surface area contributed by atoms with Crippen LogP contribution in [0.5, 0.6) is 0 Å². The van der Waals surface area contributed by atoms with E-state index in [0.717, 1.165) is 5.56 Å². The van der Waals surface area contributed by atoms with Gasteiger partial charge in [0, 0.05) is 23.9 Å². The molecular weight excluding hydrogens is 262 g/mol. The Bertz CT molecular complexity index is 564. The number of benzene rings is 1. The van der Waals surface area contributed by atoms with Crippen molar-refractivity contribution < 1.29 is 4.79 Å². The van der Waals surface area contributed by atoms with Crippen molar-refractivity contribution in [2.75, 3.05) is 6.54 Å². The van der Waals surface area contributed by atoms with E-state index in [9.17, 15) is 4.79 Å². The van der Waals surface area contributed by atoms with E-state index in [-0.39, 0.29) is 5.91 Å². The number of hydrogen-bond donors (Lipinski definition) is 2. The largest absolute Gasteiger partial charge is 0.389 e. The SMILES string of the molecule is NC(=S)c1ccc(C(=O)NCCn2ccnn2)cc1. The van der Waals surface area contributed by atoms with Gasteiger partial charge in [-0.05, 0) is 12.1 Å². The molecule has 3 N–H and O–H groups in total. The molecule has 1 aromatic heterocycles. The molecule has 0 saturated heterocycles. The van der Waals surface area contributed by atoms with Gasteiger partial charge in [0.2, 0.25) is 0 Å². The van der Waals surface area contributed by atoms with Crippen LogP contribution in [0.2, 0.25) is 0 Å². The predicted octanol–water partition coefficient (Wildman–Crippen LogP) is 0.342. The minimum Gasteiger partial charge on any atom is -0.389 e. The zero-order valence-electron chi connectivity index (χ0n) is 10.1. The number of nitrogens with one attached hydrogen (secondary N) is 1. The Balaban J connectivity index is 1.87. The number of aromatic nitrogens is 3. The van der Waals surface area contributed by atoms with Crippen LogP contribution in [-0.4, -0.2) is 32.4 Å². The van der Waals surface area contributed by atoms with E-state index in [1.807, 2.05) is 0 Å². The quantitative estimate of drug-likeness (QED) is 0.769. The first-order valence-electron chi connectivity index (χ1n) is 5.69. The van der Waals surface area contributed by atoms with Crippen LogP contribution >= 0.6 is 12.2 Å². The molecule has 1 amide bonds. The highest BCUT2D eigenvalue weighted by molar-refractivity contribution is 7.80. The number of carbonyl (C=O) groups excluding carboxylic acids is 1. The number of nitrogens with zero attached hydrogens (tertiary/aromatic N) is 3. The highest BCUT2D eigenvalue weighted by Crippen LogP contribution is 2.04. The molecule has 2 aromatic rings. The summed E-state index contributed by atoms with van der Waals surface area (Å²) in [6.45, 7) is 1.07. The second kappa shape index (κ2) is 6.05. The highest BCUT2D eigenvalue weighted by atomic mass is 32.1. The summed E-state index contributed by atoms with van der Waals surface area (Å²) in [5.41, 5.74) is 6.80. The summed E-state index contributed by atoms with van der Waals surface area (Å²) in [6.07, 6.45) is 3.33. The Morgan fingerprint density at radius 3 is 2.58 bits per heavy atom. The van der Waals surface area contributed by atoms with Gasteiger partial charge in [0.1, 0.15) is 4.99 Å². The average Bonchev–Trinajstić information content (AvgIpc) is 2.92. The Kier molecular flexibility index (Phi) is 4.19. The zero-order valence-corrected chi connectivity index (χ0v) is 10.9. The second-order valence-electron chi connectivity index (χ2n) is 3.86. The van der Waals surface area contributed by atoms with Crippen LogP contribution < -0.4 is 11.1 Å². The predicted molar refractivity (Wildman–Crippen MR) is 74.7 cm³/mol. The Morgan fingerprint density at radius 1 is 1.32 bits per heavy atom. The van der Waals surface area contributed by atoms with E-state index in [0.29, 0.717) is 23.6 Å². The maximum Gasteiger partial charge on any atom is 0.251 e. The van der Waals surface area contributed by atoms with Crippen molar-refractivity contribution in [1.82, 2.24) is 20.3 Å². The summed E-state index contributed by atoms with van der Waals surface area (Å²) in [6, 6.07) is 6.85. The van der Waals surface area contributed by atoms with E-state index in [4.69, 9.17) is 18.0 Å². The van der Waals surface area contributed by atoms with Gasteiger partial charge < -0.3 is 11.1 Å². The van der Waals surface area contributed by atoms with Crippen molar-refractivity contribution in [3.63, 3.8) is 0 Å². The van der Waals surface area contributed by atoms with Gasteiger partial charge in [-0.15, -0.1) is 5.10 Å². The summed E-state index contributed by atoms with van der Waals surface area (Å²) in [4.78, 5) is 12.2. The fraction of sp³-hybridized carbons (Fsp3) is 0.167. The Hall–Kier alpha value is -2.28. The molecule has 98 valence electrons. The number of amides is 1. The molecule has 0 saturated carbocycles. The van der Waals surface area contributed by atoms with Crippen LogP contribution in [0.1, 0.15) is 15.9 Å². The van der Waals surface area contributed by atoms with Crippen molar-refractivity contribution in [2.45, 2.75) is 6.54 Å². The summed E-state index contributed by atoms with van der Waals surface area (Å²) >= 11 is 4.85. The van der Waals surface area contributed by atoms with Crippen LogP contribution in [0, 0.1) is 0 Å². The maximum atomic E-state index is 11.8. The molecule has 6 nitrogen and oxygen atoms in total. The average molecular weight is 275 g/mol. The third-order valence-corrected chi connectivity index (χ3v) is 2.77. The van der Waals surface area contributed by atoms with Crippen LogP contribution in [0.3, 0.4) is 0 Å². The zero-order chi connectivity index (χ0) is 13.7. The monoisotopic (exact) mass is 275 g/mol. The smallest absolute Gasteiger partial charge is 0.251 e. The van der Waals surface area contributed by atoms with Crippen LogP contribution in [0.25, 0.3) is 0 Å². The summed E-state index contributed by atoms with van der Waals surface area (Å²) in [7, 11) is 0. The molecule has 0 fully saturated rings. The van der Waals surface area contributed by atoms with E-state index in [1.54, 1.807) is 41.3 Å². The molecule has 0 aliphatic heterocycles. The van der Waals surface area contributed by atoms with Crippen molar-refractivity contribution in [2.24, 2.45) is 5.73 Å². The first kappa shape index (κ1) is 13.2. The molecule has 0 spiro atoms. The number of nitrogens with two attached hydrogens (primary N) is 1. The normalized spacial score (nSPS) is 10.1. The summed E-state index contributed by atoms with van der Waals surface area (Å²) in [5.74, 6) is -0.144. The van der Waals surface area contributed by atoms with Gasteiger partial charge in [-0.3, -0.25) is 9.48 Å². The van der Waals surface area contributed by atoms with Gasteiger partial charge in [-0.1, -0.05) is 29.6 Å². The lowest BCUT2D eigenvalue weighted by Gasteiger charge is -2.05. The molecule has 19 heavy (non-hydrogen) atoms. The molecule has 0 bridgehead atoms. The van der Waals surface area contributed by atoms with Crippen molar-refractivity contribution in [3.05, 3.63) is 47.8 Å². The van der Waals surface area contributed by atoms with E-state index in [2.05, 4.69) is 15.6 Å². The standard InChI is InChI=1S/C12H13N5OS/c13-11(19)9-1-3-10(4-2-9)12(18)14-5-7-17-8-6-15-16-17/h1-4,6,8H,5,7H2,(H2,13,19)(H,14,18). The van der Waals surface area contributed by atoms with Gasteiger partial charge in [0.15, 0.2) is 0 Å². The van der Waals surface area contributed by atoms with Gasteiger partial charge in [-0.2, -0.15) is 0 Å². The fourth-order valence-corrected chi connectivity index (χ4v) is 1.66. The van der Waals surface area contributed by atoms with Gasteiger partial charge >= 0.3 is 0 Å². The lowest BCUT2D eigenvalue weighted by atomic mass is 10.1. The molecular formula is C12H13N5OS. The minimum atomic E-state index is -0.144. The van der Waals surface area contributed by atoms with Crippen molar-refractivity contribution in [3.8, 4) is 0 Å². The van der Waals surface area contributed by atoms with E-state index in [1.165, 1.54) is 0 Å². The molecule has 0 atom stereocenters. The molecule has 0 aliphatic carbocycles. The van der Waals surface area contributed by atoms with Gasteiger partial charge in [-0.25, -0.2) is 0 Å². The fourth-order valence-electron chi connectivity index (χ4n) is 1.52. The third-order valence-electron chi connectivity index (χ3n) is 2.53. The molecule has 0 radical (unpaired) electrons. The van der Waals surface area contributed by atoms with Crippen LogP contribution in [0.15, 0.2) is 36.7 Å². The number of carbonyl (C=O) groups is 1. The van der Waals surface area contributed by atoms with Crippen LogP contribution in [-0.2, 0) is 6.54 Å². The van der Waals surface area contributed by atoms with Gasteiger partial charge in [0.05, 0.1) is 12.7 Å². The highest BCUT2D eigenvalue weighted by Gasteiger charge is 2.05. The second-order valence-corrected chi connectivity index (χ2v) is 4.30. The number of hydrogen-bond acceptors (Lipinski definition) is 4. The Morgan fingerprint density at radius 2 is 2.00 bits per heavy atom. The molecule has 2 rings (SSSR count). The lowest BCUT2D eigenvalue weighted by Crippen LogP contribution is -2.27. The topological polar surface area (TPSA) is 85.8 Å². The molecule has 7 heteroatoms. The number of rotatable bonds is 5. The van der Waals surface area contributed by atoms with Crippen LogP contribution in [0.4, 0.5) is 0 Å². The van der Waals surface area contributed by atoms with E-state index < -0.39 is 0 Å². The summed E-state index contributed by atoms with van der Waals surface area (Å²) < 4.78 is 1.65. The van der Waals surface area contributed by atoms with Crippen molar-refractivity contribution >= 4 is 23.1 Å². The number of thiocarbonyl (C=S) groups is 1. The van der Waals surface area contributed by atoms with E-state index >= 15 is 0 Å². The molecule has 0 aliphatic rings. The van der Waals surface area contributed by atoms with Gasteiger partial charge in [0.25, 0.3) is 5.91 Å². The molecule has 0 unspecified atom stereocenters. The maximum absolute atomic E-state index is 11.8. The first-order valence-corrected chi connectivity index (χ1v) is 6.10. The lowest BCUT2D eigenvalue weighted by molar-refractivity contribution is 0.0952. The first-order chi connectivity index (χ1) is 9.16.